The van der Waals surface area contributed by atoms with Gasteiger partial charge in [-0.3, -0.25) is 14.8 Å². The predicted molar refractivity (Wildman–Crippen MR) is 88.6 cm³/mol. The molecule has 6 nitrogen and oxygen atoms in total. The molecule has 3 heterocycles. The van der Waals surface area contributed by atoms with E-state index in [2.05, 4.69) is 26.5 Å². The number of hydrogen-bond acceptors (Lipinski definition) is 6. The van der Waals surface area contributed by atoms with Crippen LogP contribution in [0.15, 0.2) is 12.4 Å². The van der Waals surface area contributed by atoms with Gasteiger partial charge in [-0.2, -0.15) is 0 Å². The highest BCUT2D eigenvalue weighted by atomic mass is 32.1. The summed E-state index contributed by atoms with van der Waals surface area (Å²) >= 11 is 1.21. The molecular weight excluding hydrogens is 310 g/mol. The minimum absolute atomic E-state index is 0.0637. The second kappa shape index (κ2) is 7.12. The first-order valence-corrected chi connectivity index (χ1v) is 8.85. The van der Waals surface area contributed by atoms with Crippen LogP contribution in [0, 0.1) is 6.92 Å². The van der Waals surface area contributed by atoms with Gasteiger partial charge in [0.1, 0.15) is 4.88 Å². The smallest absolute Gasteiger partial charge is 0.267 e. The molecule has 2 aromatic heterocycles. The first-order valence-electron chi connectivity index (χ1n) is 8.08. The lowest BCUT2D eigenvalue weighted by Crippen LogP contribution is -2.39. The van der Waals surface area contributed by atoms with Crippen molar-refractivity contribution >= 4 is 17.4 Å². The highest BCUT2D eigenvalue weighted by Crippen LogP contribution is 2.27. The number of amides is 1. The van der Waals surface area contributed by atoms with Crippen LogP contribution in [0.3, 0.4) is 0 Å². The lowest BCUT2D eigenvalue weighted by Gasteiger charge is -2.32. The molecule has 23 heavy (non-hydrogen) atoms. The van der Waals surface area contributed by atoms with Crippen LogP contribution >= 0.6 is 11.5 Å². The summed E-state index contributed by atoms with van der Waals surface area (Å²) in [4.78, 5) is 24.3. The molecule has 0 unspecified atom stereocenters. The molecule has 2 aromatic rings. The maximum atomic E-state index is 12.8. The Labute approximate surface area is 140 Å². The number of carbonyl (C=O) groups excluding carboxylic acids is 1. The van der Waals surface area contributed by atoms with Crippen molar-refractivity contribution < 1.29 is 4.79 Å². The summed E-state index contributed by atoms with van der Waals surface area (Å²) < 4.78 is 3.97. The zero-order valence-corrected chi connectivity index (χ0v) is 14.3. The third-order valence-corrected chi connectivity index (χ3v) is 4.89. The Hall–Kier alpha value is -1.89. The van der Waals surface area contributed by atoms with Crippen LogP contribution in [0.1, 0.15) is 58.9 Å². The highest BCUT2D eigenvalue weighted by Gasteiger charge is 2.29. The van der Waals surface area contributed by atoms with Crippen molar-refractivity contribution in [3.63, 3.8) is 0 Å². The number of carbonyl (C=O) groups is 1. The van der Waals surface area contributed by atoms with Crippen LogP contribution in [0.25, 0.3) is 0 Å². The molecule has 1 saturated heterocycles. The van der Waals surface area contributed by atoms with Gasteiger partial charge in [0.15, 0.2) is 0 Å². The summed E-state index contributed by atoms with van der Waals surface area (Å²) in [6.07, 6.45) is 7.38. The van der Waals surface area contributed by atoms with Crippen molar-refractivity contribution in [2.45, 2.75) is 45.4 Å². The quantitative estimate of drug-likeness (QED) is 0.861. The second-order valence-electron chi connectivity index (χ2n) is 5.97. The van der Waals surface area contributed by atoms with Crippen LogP contribution in [-0.2, 0) is 6.42 Å². The first-order chi connectivity index (χ1) is 11.2. The fourth-order valence-electron chi connectivity index (χ4n) is 3.00. The molecule has 0 aromatic carbocycles. The van der Waals surface area contributed by atoms with Gasteiger partial charge in [-0.05, 0) is 37.7 Å². The summed E-state index contributed by atoms with van der Waals surface area (Å²) in [5, 5.41) is 4.11. The molecule has 0 aliphatic carbocycles. The Morgan fingerprint density at radius 3 is 3.09 bits per heavy atom. The summed E-state index contributed by atoms with van der Waals surface area (Å²) in [5.74, 6) is 0.323. The van der Waals surface area contributed by atoms with Crippen LogP contribution in [0.2, 0.25) is 0 Å². The van der Waals surface area contributed by atoms with E-state index in [1.54, 1.807) is 6.20 Å². The highest BCUT2D eigenvalue weighted by molar-refractivity contribution is 7.08. The van der Waals surface area contributed by atoms with E-state index < -0.39 is 0 Å². The molecule has 1 aliphatic rings. The predicted octanol–water partition coefficient (Wildman–Crippen LogP) is 2.61. The molecule has 1 aliphatic heterocycles. The minimum Gasteiger partial charge on any atom is -0.337 e. The summed E-state index contributed by atoms with van der Waals surface area (Å²) in [7, 11) is 0. The lowest BCUT2D eigenvalue weighted by atomic mass is 9.94. The van der Waals surface area contributed by atoms with E-state index in [9.17, 15) is 4.79 Å². The van der Waals surface area contributed by atoms with Crippen LogP contribution in [0.5, 0.6) is 0 Å². The number of rotatable bonds is 4. The van der Waals surface area contributed by atoms with Crippen molar-refractivity contribution in [1.29, 1.82) is 0 Å². The number of likely N-dealkylation sites (tertiary alicyclic amines) is 1. The zero-order chi connectivity index (χ0) is 16.2. The Morgan fingerprint density at radius 1 is 1.43 bits per heavy atom. The average molecular weight is 331 g/mol. The van der Waals surface area contributed by atoms with Crippen molar-refractivity contribution in [3.05, 3.63) is 34.4 Å². The van der Waals surface area contributed by atoms with E-state index in [1.807, 2.05) is 18.0 Å². The van der Waals surface area contributed by atoms with Crippen LogP contribution in [0.4, 0.5) is 0 Å². The minimum atomic E-state index is 0.0637. The maximum absolute atomic E-state index is 12.8. The van der Waals surface area contributed by atoms with E-state index >= 15 is 0 Å². The Bertz CT molecular complexity index is 687. The third kappa shape index (κ3) is 3.55. The summed E-state index contributed by atoms with van der Waals surface area (Å²) in [5.41, 5.74) is 2.74. The van der Waals surface area contributed by atoms with E-state index in [1.165, 1.54) is 11.5 Å². The lowest BCUT2D eigenvalue weighted by molar-refractivity contribution is 0.0709. The number of piperidine rings is 1. The van der Waals surface area contributed by atoms with Crippen molar-refractivity contribution in [2.75, 3.05) is 13.1 Å². The maximum Gasteiger partial charge on any atom is 0.267 e. The molecule has 0 bridgehead atoms. The fraction of sp³-hybridized carbons (Fsp3) is 0.562. The number of hydrogen-bond donors (Lipinski definition) is 0. The van der Waals surface area contributed by atoms with Crippen molar-refractivity contribution in [2.24, 2.45) is 0 Å². The van der Waals surface area contributed by atoms with Crippen molar-refractivity contribution in [1.82, 2.24) is 24.5 Å². The van der Waals surface area contributed by atoms with E-state index in [0.29, 0.717) is 11.4 Å². The largest absolute Gasteiger partial charge is 0.337 e. The first kappa shape index (κ1) is 16.0. The molecule has 0 radical (unpaired) electrons. The van der Waals surface area contributed by atoms with Gasteiger partial charge in [0, 0.05) is 31.4 Å². The Kier molecular flexibility index (Phi) is 4.95. The molecule has 7 heteroatoms. The van der Waals surface area contributed by atoms with Gasteiger partial charge in [0.25, 0.3) is 5.91 Å². The molecular formula is C16H21N5OS. The van der Waals surface area contributed by atoms with Crippen LogP contribution < -0.4 is 0 Å². The fourth-order valence-corrected chi connectivity index (χ4v) is 3.67. The van der Waals surface area contributed by atoms with E-state index in [4.69, 9.17) is 0 Å². The molecule has 1 fully saturated rings. The van der Waals surface area contributed by atoms with Crippen LogP contribution in [-0.4, -0.2) is 43.5 Å². The summed E-state index contributed by atoms with van der Waals surface area (Å²) in [6.45, 7) is 5.52. The number of aromatic nitrogens is 4. The van der Waals surface area contributed by atoms with Gasteiger partial charge in [0.05, 0.1) is 17.1 Å². The van der Waals surface area contributed by atoms with Gasteiger partial charge >= 0.3 is 0 Å². The number of aryl methyl sites for hydroxylation is 2. The topological polar surface area (TPSA) is 71.9 Å². The molecule has 3 rings (SSSR count). The van der Waals surface area contributed by atoms with Gasteiger partial charge in [-0.25, -0.2) is 0 Å². The molecule has 122 valence electrons. The SMILES string of the molecule is CCCc1nnsc1C(=O)N1CCC[C@@H](c2cncc(C)n2)C1. The Balaban J connectivity index is 1.75. The van der Waals surface area contributed by atoms with Gasteiger partial charge in [-0.15, -0.1) is 5.10 Å². The van der Waals surface area contributed by atoms with Gasteiger partial charge < -0.3 is 4.90 Å². The molecule has 1 atom stereocenters. The molecule has 0 saturated carbocycles. The third-order valence-electron chi connectivity index (χ3n) is 4.14. The molecule has 1 amide bonds. The van der Waals surface area contributed by atoms with Gasteiger partial charge in [-0.1, -0.05) is 17.8 Å². The molecule has 0 spiro atoms. The van der Waals surface area contributed by atoms with E-state index in [0.717, 1.165) is 49.3 Å². The standard InChI is InChI=1S/C16H21N5OS/c1-3-5-13-15(23-20-19-13)16(22)21-7-4-6-12(10-21)14-9-17-8-11(2)18-14/h8-9,12H,3-7,10H2,1-2H3/t12-/m1/s1. The van der Waals surface area contributed by atoms with Crippen molar-refractivity contribution in [3.8, 4) is 0 Å². The number of nitrogens with zero attached hydrogens (tertiary/aromatic N) is 5. The van der Waals surface area contributed by atoms with E-state index in [-0.39, 0.29) is 11.8 Å². The monoisotopic (exact) mass is 331 g/mol. The van der Waals surface area contributed by atoms with Gasteiger partial charge in [0.2, 0.25) is 0 Å². The normalized spacial score (nSPS) is 18.2. The second-order valence-corrected chi connectivity index (χ2v) is 6.73. The molecule has 0 N–H and O–H groups in total. The average Bonchev–Trinajstić information content (AvgIpc) is 3.03. The summed E-state index contributed by atoms with van der Waals surface area (Å²) in [6, 6.07) is 0. The zero-order valence-electron chi connectivity index (χ0n) is 13.5. The Morgan fingerprint density at radius 2 is 2.30 bits per heavy atom.